The van der Waals surface area contributed by atoms with Crippen LogP contribution in [0.2, 0.25) is 0 Å². The molecule has 1 amide bonds. The molecule has 2 aromatic carbocycles. The van der Waals surface area contributed by atoms with Crippen molar-refractivity contribution in [2.45, 2.75) is 19.3 Å². The number of carbonyl (C=O) groups excluding carboxylic acids is 1. The Morgan fingerprint density at radius 2 is 1.80 bits per heavy atom. The van der Waals surface area contributed by atoms with Crippen LogP contribution in [0.5, 0.6) is 0 Å². The van der Waals surface area contributed by atoms with Crippen LogP contribution in [0.25, 0.3) is 0 Å². The maximum absolute atomic E-state index is 13.6. The number of piperidine rings is 1. The predicted octanol–water partition coefficient (Wildman–Crippen LogP) is 3.86. The molecule has 1 aliphatic heterocycles. The maximum atomic E-state index is 13.6. The zero-order chi connectivity index (χ0) is 17.6. The lowest BCUT2D eigenvalue weighted by molar-refractivity contribution is -0.117. The molecular weight excluding hydrogens is 322 g/mol. The summed E-state index contributed by atoms with van der Waals surface area (Å²) in [6.45, 7) is 1.95. The standard InChI is InChI=1S/C20H22F2N2O/c21-17-6-7-19(18(22)13-17)23-20(25)14-24-10-8-16(9-11-24)12-15-4-2-1-3-5-15/h1-7,13,16H,8-12,14H2,(H,23,25). The molecule has 0 aromatic heterocycles. The molecule has 0 atom stereocenters. The van der Waals surface area contributed by atoms with Crippen molar-refractivity contribution >= 4 is 11.6 Å². The second kappa shape index (κ2) is 8.21. The molecule has 0 unspecified atom stereocenters. The van der Waals surface area contributed by atoms with Crippen LogP contribution in [0.1, 0.15) is 18.4 Å². The number of anilines is 1. The van der Waals surface area contributed by atoms with Gasteiger partial charge in [0.25, 0.3) is 0 Å². The van der Waals surface area contributed by atoms with E-state index in [4.69, 9.17) is 0 Å². The third-order valence-corrected chi connectivity index (χ3v) is 4.65. The maximum Gasteiger partial charge on any atom is 0.238 e. The van der Waals surface area contributed by atoms with Gasteiger partial charge in [-0.05, 0) is 56.0 Å². The van der Waals surface area contributed by atoms with Gasteiger partial charge in [-0.25, -0.2) is 8.78 Å². The third-order valence-electron chi connectivity index (χ3n) is 4.65. The lowest BCUT2D eigenvalue weighted by Gasteiger charge is -2.31. The van der Waals surface area contributed by atoms with Gasteiger partial charge in [-0.3, -0.25) is 9.69 Å². The van der Waals surface area contributed by atoms with E-state index in [1.54, 1.807) is 0 Å². The molecule has 2 aromatic rings. The number of hydrogen-bond donors (Lipinski definition) is 1. The molecule has 0 saturated carbocycles. The molecule has 0 radical (unpaired) electrons. The van der Waals surface area contributed by atoms with Crippen LogP contribution in [0.3, 0.4) is 0 Å². The summed E-state index contributed by atoms with van der Waals surface area (Å²) in [5, 5.41) is 2.51. The smallest absolute Gasteiger partial charge is 0.238 e. The summed E-state index contributed by atoms with van der Waals surface area (Å²) in [5.41, 5.74) is 1.37. The first-order valence-corrected chi connectivity index (χ1v) is 8.61. The quantitative estimate of drug-likeness (QED) is 0.893. The number of nitrogens with zero attached hydrogens (tertiary/aromatic N) is 1. The van der Waals surface area contributed by atoms with Gasteiger partial charge < -0.3 is 5.32 Å². The molecule has 1 saturated heterocycles. The van der Waals surface area contributed by atoms with Gasteiger partial charge in [-0.1, -0.05) is 30.3 Å². The highest BCUT2D eigenvalue weighted by molar-refractivity contribution is 5.92. The number of nitrogens with one attached hydrogen (secondary N) is 1. The van der Waals surface area contributed by atoms with E-state index in [1.807, 2.05) is 6.07 Å². The second-order valence-electron chi connectivity index (χ2n) is 6.58. The largest absolute Gasteiger partial charge is 0.322 e. The predicted molar refractivity (Wildman–Crippen MR) is 94.3 cm³/mol. The topological polar surface area (TPSA) is 32.3 Å². The van der Waals surface area contributed by atoms with Gasteiger partial charge in [0.15, 0.2) is 0 Å². The zero-order valence-corrected chi connectivity index (χ0v) is 14.1. The average Bonchev–Trinajstić information content (AvgIpc) is 2.60. The van der Waals surface area contributed by atoms with Crippen LogP contribution >= 0.6 is 0 Å². The first kappa shape index (κ1) is 17.5. The molecule has 0 aliphatic carbocycles. The molecule has 25 heavy (non-hydrogen) atoms. The van der Waals surface area contributed by atoms with Crippen LogP contribution in [-0.2, 0) is 11.2 Å². The first-order chi connectivity index (χ1) is 12.1. The number of halogens is 2. The molecule has 3 rings (SSSR count). The van der Waals surface area contributed by atoms with E-state index in [9.17, 15) is 13.6 Å². The van der Waals surface area contributed by atoms with Gasteiger partial charge in [0.1, 0.15) is 11.6 Å². The van der Waals surface area contributed by atoms with E-state index in [1.165, 1.54) is 11.6 Å². The third kappa shape index (κ3) is 5.10. The van der Waals surface area contributed by atoms with Crippen molar-refractivity contribution in [3.63, 3.8) is 0 Å². The van der Waals surface area contributed by atoms with Crippen LogP contribution in [0, 0.1) is 17.6 Å². The fourth-order valence-electron chi connectivity index (χ4n) is 3.28. The van der Waals surface area contributed by atoms with E-state index >= 15 is 0 Å². The van der Waals surface area contributed by atoms with Crippen molar-refractivity contribution in [2.75, 3.05) is 25.0 Å². The Hall–Kier alpha value is -2.27. The van der Waals surface area contributed by atoms with Crippen LogP contribution in [0.15, 0.2) is 48.5 Å². The summed E-state index contributed by atoms with van der Waals surface area (Å²) in [4.78, 5) is 14.2. The van der Waals surface area contributed by atoms with Crippen LogP contribution < -0.4 is 5.32 Å². The summed E-state index contributed by atoms with van der Waals surface area (Å²) >= 11 is 0. The summed E-state index contributed by atoms with van der Waals surface area (Å²) in [6.07, 6.45) is 3.17. The summed E-state index contributed by atoms with van der Waals surface area (Å²) in [6, 6.07) is 13.6. The Labute approximate surface area is 146 Å². The van der Waals surface area contributed by atoms with Crippen molar-refractivity contribution < 1.29 is 13.6 Å². The van der Waals surface area contributed by atoms with Gasteiger partial charge in [0, 0.05) is 6.07 Å². The molecule has 5 heteroatoms. The normalized spacial score (nSPS) is 15.9. The number of likely N-dealkylation sites (tertiary alicyclic amines) is 1. The molecule has 1 heterocycles. The van der Waals surface area contributed by atoms with Crippen molar-refractivity contribution in [2.24, 2.45) is 5.92 Å². The minimum Gasteiger partial charge on any atom is -0.322 e. The minimum absolute atomic E-state index is 0.0189. The van der Waals surface area contributed by atoms with Gasteiger partial charge in [-0.2, -0.15) is 0 Å². The number of amides is 1. The Kier molecular flexibility index (Phi) is 5.76. The number of benzene rings is 2. The fraction of sp³-hybridized carbons (Fsp3) is 0.350. The summed E-state index contributed by atoms with van der Waals surface area (Å²) in [5.74, 6) is -1.05. The average molecular weight is 344 g/mol. The van der Waals surface area contributed by atoms with Crippen molar-refractivity contribution in [1.82, 2.24) is 4.90 Å². The lowest BCUT2D eigenvalue weighted by atomic mass is 9.90. The minimum atomic E-state index is -0.755. The summed E-state index contributed by atoms with van der Waals surface area (Å²) in [7, 11) is 0. The number of carbonyl (C=O) groups is 1. The van der Waals surface area contributed by atoms with E-state index in [0.29, 0.717) is 5.92 Å². The number of rotatable bonds is 5. The van der Waals surface area contributed by atoms with Crippen molar-refractivity contribution in [1.29, 1.82) is 0 Å². The lowest BCUT2D eigenvalue weighted by Crippen LogP contribution is -2.39. The SMILES string of the molecule is O=C(CN1CCC(Cc2ccccc2)CC1)Nc1ccc(F)cc1F. The van der Waals surface area contributed by atoms with Gasteiger partial charge in [-0.15, -0.1) is 0 Å². The van der Waals surface area contributed by atoms with Gasteiger partial charge in [0.05, 0.1) is 12.2 Å². The fourth-order valence-corrected chi connectivity index (χ4v) is 3.28. The molecule has 0 bridgehead atoms. The molecule has 3 nitrogen and oxygen atoms in total. The van der Waals surface area contributed by atoms with E-state index in [0.717, 1.165) is 44.5 Å². The monoisotopic (exact) mass is 344 g/mol. The molecular formula is C20H22F2N2O. The molecule has 132 valence electrons. The van der Waals surface area contributed by atoms with Gasteiger partial charge in [0.2, 0.25) is 5.91 Å². The molecule has 1 aliphatic rings. The Morgan fingerprint density at radius 1 is 1.08 bits per heavy atom. The highest BCUT2D eigenvalue weighted by atomic mass is 19.1. The highest BCUT2D eigenvalue weighted by Crippen LogP contribution is 2.22. The summed E-state index contributed by atoms with van der Waals surface area (Å²) < 4.78 is 26.5. The van der Waals surface area contributed by atoms with Crippen molar-refractivity contribution in [3.05, 3.63) is 65.7 Å². The number of hydrogen-bond acceptors (Lipinski definition) is 2. The highest BCUT2D eigenvalue weighted by Gasteiger charge is 2.21. The Morgan fingerprint density at radius 3 is 2.48 bits per heavy atom. The first-order valence-electron chi connectivity index (χ1n) is 8.61. The van der Waals surface area contributed by atoms with Crippen molar-refractivity contribution in [3.8, 4) is 0 Å². The molecule has 1 N–H and O–H groups in total. The van der Waals surface area contributed by atoms with E-state index in [2.05, 4.69) is 34.5 Å². The van der Waals surface area contributed by atoms with Crippen LogP contribution in [-0.4, -0.2) is 30.4 Å². The van der Waals surface area contributed by atoms with Gasteiger partial charge >= 0.3 is 0 Å². The zero-order valence-electron chi connectivity index (χ0n) is 14.1. The second-order valence-corrected chi connectivity index (χ2v) is 6.58. The molecule has 1 fully saturated rings. The van der Waals surface area contributed by atoms with E-state index in [-0.39, 0.29) is 18.1 Å². The Bertz CT molecular complexity index is 713. The van der Waals surface area contributed by atoms with E-state index < -0.39 is 11.6 Å². The van der Waals surface area contributed by atoms with Crippen LogP contribution in [0.4, 0.5) is 14.5 Å². The Balaban J connectivity index is 1.44. The molecule has 0 spiro atoms.